The molecule has 0 spiro atoms. The standard InChI is InChI=1S/C18H22N2O/c1-4-7-16-8-5-6-9-17(16)21-18-11-10-15(13-20-18)12-19-14(2)3/h4-11,13-14,19H,12H2,1-3H3. The lowest BCUT2D eigenvalue weighted by Gasteiger charge is -2.10. The van der Waals surface area contributed by atoms with Crippen LogP contribution < -0.4 is 10.1 Å². The minimum Gasteiger partial charge on any atom is -0.438 e. The SMILES string of the molecule is CC=Cc1ccccc1Oc1ccc(CNC(C)C)cn1. The second kappa shape index (κ2) is 7.60. The van der Waals surface area contributed by atoms with E-state index in [9.17, 15) is 0 Å². The van der Waals surface area contributed by atoms with E-state index in [0.717, 1.165) is 23.4 Å². The monoisotopic (exact) mass is 282 g/mol. The molecule has 2 aromatic rings. The Morgan fingerprint density at radius 3 is 2.67 bits per heavy atom. The van der Waals surface area contributed by atoms with E-state index in [1.807, 2.05) is 61.7 Å². The molecule has 0 amide bonds. The Kier molecular flexibility index (Phi) is 5.52. The third kappa shape index (κ3) is 4.72. The van der Waals surface area contributed by atoms with Crippen molar-refractivity contribution in [2.24, 2.45) is 0 Å². The molecule has 0 saturated carbocycles. The Bertz CT molecular complexity index is 588. The molecule has 0 atom stereocenters. The topological polar surface area (TPSA) is 34.1 Å². The van der Waals surface area contributed by atoms with Crippen LogP contribution in [-0.4, -0.2) is 11.0 Å². The summed E-state index contributed by atoms with van der Waals surface area (Å²) in [4.78, 5) is 4.37. The average Bonchev–Trinajstić information content (AvgIpc) is 2.49. The van der Waals surface area contributed by atoms with Gasteiger partial charge in [0.1, 0.15) is 5.75 Å². The van der Waals surface area contributed by atoms with Crippen LogP contribution in [0.15, 0.2) is 48.7 Å². The Hall–Kier alpha value is -2.13. The molecule has 1 heterocycles. The van der Waals surface area contributed by atoms with Crippen molar-refractivity contribution in [2.75, 3.05) is 0 Å². The Balaban J connectivity index is 2.07. The Morgan fingerprint density at radius 2 is 2.00 bits per heavy atom. The second-order valence-electron chi connectivity index (χ2n) is 5.18. The van der Waals surface area contributed by atoms with Gasteiger partial charge in [0.05, 0.1) is 0 Å². The molecule has 1 N–H and O–H groups in total. The van der Waals surface area contributed by atoms with Crippen LogP contribution in [0.1, 0.15) is 31.9 Å². The zero-order valence-electron chi connectivity index (χ0n) is 12.8. The fourth-order valence-corrected chi connectivity index (χ4v) is 1.90. The second-order valence-corrected chi connectivity index (χ2v) is 5.18. The van der Waals surface area contributed by atoms with Gasteiger partial charge in [0, 0.05) is 30.4 Å². The maximum Gasteiger partial charge on any atom is 0.219 e. The van der Waals surface area contributed by atoms with Crippen LogP contribution in [0, 0.1) is 0 Å². The first-order valence-corrected chi connectivity index (χ1v) is 7.27. The number of ether oxygens (including phenoxy) is 1. The molecule has 0 saturated heterocycles. The van der Waals surface area contributed by atoms with E-state index in [2.05, 4.69) is 24.1 Å². The Labute approximate surface area is 126 Å². The highest BCUT2D eigenvalue weighted by atomic mass is 16.5. The molecule has 3 nitrogen and oxygen atoms in total. The highest BCUT2D eigenvalue weighted by Gasteiger charge is 2.03. The molecule has 0 aliphatic heterocycles. The smallest absolute Gasteiger partial charge is 0.219 e. The van der Waals surface area contributed by atoms with E-state index >= 15 is 0 Å². The number of benzene rings is 1. The molecule has 0 aliphatic rings. The summed E-state index contributed by atoms with van der Waals surface area (Å²) in [6.45, 7) is 7.07. The van der Waals surface area contributed by atoms with Crippen LogP contribution in [0.3, 0.4) is 0 Å². The molecular formula is C18H22N2O. The summed E-state index contributed by atoms with van der Waals surface area (Å²) in [5.41, 5.74) is 2.20. The van der Waals surface area contributed by atoms with Crippen molar-refractivity contribution in [3.8, 4) is 11.6 Å². The van der Waals surface area contributed by atoms with Crippen LogP contribution in [0.4, 0.5) is 0 Å². The van der Waals surface area contributed by atoms with Crippen molar-refractivity contribution >= 4 is 6.08 Å². The molecule has 3 heteroatoms. The minimum atomic E-state index is 0.466. The van der Waals surface area contributed by atoms with Gasteiger partial charge in [-0.25, -0.2) is 4.98 Å². The van der Waals surface area contributed by atoms with Gasteiger partial charge in [0.2, 0.25) is 5.88 Å². The van der Waals surface area contributed by atoms with E-state index in [-0.39, 0.29) is 0 Å². The van der Waals surface area contributed by atoms with Crippen molar-refractivity contribution in [1.82, 2.24) is 10.3 Å². The zero-order valence-corrected chi connectivity index (χ0v) is 12.8. The lowest BCUT2D eigenvalue weighted by atomic mass is 10.2. The lowest BCUT2D eigenvalue weighted by molar-refractivity contribution is 0.461. The van der Waals surface area contributed by atoms with Crippen LogP contribution in [0.2, 0.25) is 0 Å². The average molecular weight is 282 g/mol. The molecule has 1 aromatic carbocycles. The summed E-state index contributed by atoms with van der Waals surface area (Å²) in [5, 5.41) is 3.37. The molecule has 1 aromatic heterocycles. The van der Waals surface area contributed by atoms with E-state index in [1.165, 1.54) is 0 Å². The number of pyridine rings is 1. The Morgan fingerprint density at radius 1 is 1.19 bits per heavy atom. The molecule has 2 rings (SSSR count). The van der Waals surface area contributed by atoms with Crippen molar-refractivity contribution in [3.05, 3.63) is 59.8 Å². The summed E-state index contributed by atoms with van der Waals surface area (Å²) in [7, 11) is 0. The van der Waals surface area contributed by atoms with Gasteiger partial charge in [0.15, 0.2) is 0 Å². The molecule has 0 fully saturated rings. The van der Waals surface area contributed by atoms with E-state index in [4.69, 9.17) is 4.74 Å². The molecule has 110 valence electrons. The van der Waals surface area contributed by atoms with Crippen molar-refractivity contribution < 1.29 is 4.74 Å². The minimum absolute atomic E-state index is 0.466. The normalized spacial score (nSPS) is 11.2. The number of nitrogens with one attached hydrogen (secondary N) is 1. The highest BCUT2D eigenvalue weighted by molar-refractivity contribution is 5.57. The summed E-state index contributed by atoms with van der Waals surface area (Å²) in [6.07, 6.45) is 5.87. The number of aromatic nitrogens is 1. The van der Waals surface area contributed by atoms with Gasteiger partial charge in [-0.2, -0.15) is 0 Å². The van der Waals surface area contributed by atoms with Gasteiger partial charge in [-0.1, -0.05) is 50.3 Å². The van der Waals surface area contributed by atoms with Gasteiger partial charge in [-0.15, -0.1) is 0 Å². The molecule has 0 unspecified atom stereocenters. The fraction of sp³-hybridized carbons (Fsp3) is 0.278. The molecule has 0 radical (unpaired) electrons. The van der Waals surface area contributed by atoms with Gasteiger partial charge >= 0.3 is 0 Å². The number of rotatable bonds is 6. The first kappa shape index (κ1) is 15.3. The highest BCUT2D eigenvalue weighted by Crippen LogP contribution is 2.24. The van der Waals surface area contributed by atoms with E-state index < -0.39 is 0 Å². The number of hydrogen-bond acceptors (Lipinski definition) is 3. The summed E-state index contributed by atoms with van der Waals surface area (Å²) >= 11 is 0. The lowest BCUT2D eigenvalue weighted by Crippen LogP contribution is -2.21. The quantitative estimate of drug-likeness (QED) is 0.852. The number of hydrogen-bond donors (Lipinski definition) is 1. The van der Waals surface area contributed by atoms with E-state index in [0.29, 0.717) is 11.9 Å². The maximum absolute atomic E-state index is 5.86. The van der Waals surface area contributed by atoms with Crippen LogP contribution in [-0.2, 0) is 6.54 Å². The van der Waals surface area contributed by atoms with Gasteiger partial charge < -0.3 is 10.1 Å². The van der Waals surface area contributed by atoms with Crippen LogP contribution >= 0.6 is 0 Å². The zero-order chi connectivity index (χ0) is 15.1. The van der Waals surface area contributed by atoms with Crippen LogP contribution in [0.25, 0.3) is 6.08 Å². The first-order chi connectivity index (χ1) is 10.2. The third-order valence-corrected chi connectivity index (χ3v) is 2.99. The first-order valence-electron chi connectivity index (χ1n) is 7.27. The number of allylic oxidation sites excluding steroid dienone is 1. The van der Waals surface area contributed by atoms with Crippen LogP contribution in [0.5, 0.6) is 11.6 Å². The van der Waals surface area contributed by atoms with Crippen molar-refractivity contribution in [2.45, 2.75) is 33.4 Å². The largest absolute Gasteiger partial charge is 0.438 e. The summed E-state index contributed by atoms with van der Waals surface area (Å²) in [5.74, 6) is 1.43. The summed E-state index contributed by atoms with van der Waals surface area (Å²) in [6, 6.07) is 12.3. The van der Waals surface area contributed by atoms with E-state index in [1.54, 1.807) is 0 Å². The van der Waals surface area contributed by atoms with Crippen molar-refractivity contribution in [3.63, 3.8) is 0 Å². The van der Waals surface area contributed by atoms with Crippen molar-refractivity contribution in [1.29, 1.82) is 0 Å². The summed E-state index contributed by atoms with van der Waals surface area (Å²) < 4.78 is 5.86. The number of para-hydroxylation sites is 1. The fourth-order valence-electron chi connectivity index (χ4n) is 1.90. The van der Waals surface area contributed by atoms with Gasteiger partial charge in [0.25, 0.3) is 0 Å². The molecule has 21 heavy (non-hydrogen) atoms. The third-order valence-electron chi connectivity index (χ3n) is 2.99. The maximum atomic E-state index is 5.86. The van der Waals surface area contributed by atoms with Gasteiger partial charge in [-0.3, -0.25) is 0 Å². The molecule has 0 bridgehead atoms. The molecular weight excluding hydrogens is 260 g/mol. The predicted molar refractivity (Wildman–Crippen MR) is 87.4 cm³/mol. The van der Waals surface area contributed by atoms with Gasteiger partial charge in [-0.05, 0) is 18.6 Å². The predicted octanol–water partition coefficient (Wildman–Crippen LogP) is 4.41. The number of nitrogens with zero attached hydrogens (tertiary/aromatic N) is 1. The molecule has 0 aliphatic carbocycles.